The van der Waals surface area contributed by atoms with Crippen molar-refractivity contribution in [2.75, 3.05) is 18.0 Å². The zero-order valence-corrected chi connectivity index (χ0v) is 11.4. The van der Waals surface area contributed by atoms with Crippen molar-refractivity contribution in [1.82, 2.24) is 10.3 Å². The number of hydrogen-bond donors (Lipinski definition) is 1. The first-order chi connectivity index (χ1) is 9.93. The minimum Gasteiger partial charge on any atom is -0.354 e. The third kappa shape index (κ3) is 3.28. The second-order valence-corrected chi connectivity index (χ2v) is 5.62. The minimum atomic E-state index is -4.36. The van der Waals surface area contributed by atoms with Crippen LogP contribution in [0.2, 0.25) is 0 Å². The van der Waals surface area contributed by atoms with E-state index in [-0.39, 0.29) is 17.9 Å². The molecule has 2 heterocycles. The molecule has 1 unspecified atom stereocenters. The second-order valence-electron chi connectivity index (χ2n) is 5.62. The molecule has 1 amide bonds. The maximum absolute atomic E-state index is 12.5. The highest BCUT2D eigenvalue weighted by Gasteiger charge is 2.34. The van der Waals surface area contributed by atoms with E-state index in [1.165, 1.54) is 6.07 Å². The van der Waals surface area contributed by atoms with Crippen LogP contribution >= 0.6 is 0 Å². The molecule has 3 rings (SSSR count). The minimum absolute atomic E-state index is 0.0576. The van der Waals surface area contributed by atoms with Gasteiger partial charge in [-0.3, -0.25) is 4.79 Å². The SMILES string of the molecule is O=C(NC1CCN(c2ccc(C(F)(F)F)cn2)C1)C1CC1. The molecule has 0 aromatic carbocycles. The quantitative estimate of drug-likeness (QED) is 0.930. The van der Waals surface area contributed by atoms with E-state index in [4.69, 9.17) is 0 Å². The van der Waals surface area contributed by atoms with Crippen LogP contribution in [0, 0.1) is 5.92 Å². The van der Waals surface area contributed by atoms with E-state index in [9.17, 15) is 18.0 Å². The topological polar surface area (TPSA) is 45.2 Å². The van der Waals surface area contributed by atoms with Crippen LogP contribution in [0.4, 0.5) is 19.0 Å². The Morgan fingerprint density at radius 1 is 1.29 bits per heavy atom. The van der Waals surface area contributed by atoms with Gasteiger partial charge in [-0.15, -0.1) is 0 Å². The summed E-state index contributed by atoms with van der Waals surface area (Å²) in [5.74, 6) is 0.789. The number of aromatic nitrogens is 1. The van der Waals surface area contributed by atoms with Gasteiger partial charge in [0.2, 0.25) is 5.91 Å². The number of anilines is 1. The summed E-state index contributed by atoms with van der Waals surface area (Å²) in [5, 5.41) is 2.99. The van der Waals surface area contributed by atoms with Crippen LogP contribution in [-0.4, -0.2) is 30.0 Å². The predicted octanol–water partition coefficient (Wildman–Crippen LogP) is 2.21. The molecular formula is C14H16F3N3O. The van der Waals surface area contributed by atoms with Crippen molar-refractivity contribution >= 4 is 11.7 Å². The summed E-state index contributed by atoms with van der Waals surface area (Å²) in [6.07, 6.45) is -0.796. The first-order valence-corrected chi connectivity index (χ1v) is 7.02. The van der Waals surface area contributed by atoms with Crippen molar-refractivity contribution in [3.05, 3.63) is 23.9 Å². The van der Waals surface area contributed by atoms with Gasteiger partial charge in [0.05, 0.1) is 5.56 Å². The summed E-state index contributed by atoms with van der Waals surface area (Å²) < 4.78 is 37.4. The van der Waals surface area contributed by atoms with Gasteiger partial charge in [-0.1, -0.05) is 0 Å². The van der Waals surface area contributed by atoms with E-state index in [2.05, 4.69) is 10.3 Å². The Bertz CT molecular complexity index is 525. The van der Waals surface area contributed by atoms with Crippen molar-refractivity contribution in [2.24, 2.45) is 5.92 Å². The van der Waals surface area contributed by atoms with E-state index in [0.717, 1.165) is 31.5 Å². The van der Waals surface area contributed by atoms with E-state index >= 15 is 0 Å². The summed E-state index contributed by atoms with van der Waals surface area (Å²) in [6.45, 7) is 1.28. The third-order valence-electron chi connectivity index (χ3n) is 3.88. The fraction of sp³-hybridized carbons (Fsp3) is 0.571. The lowest BCUT2D eigenvalue weighted by atomic mass is 10.2. The molecule has 21 heavy (non-hydrogen) atoms. The molecule has 1 aliphatic carbocycles. The normalized spacial score (nSPS) is 22.4. The van der Waals surface area contributed by atoms with E-state index in [0.29, 0.717) is 18.9 Å². The molecule has 1 aromatic rings. The molecule has 1 atom stereocenters. The van der Waals surface area contributed by atoms with Gasteiger partial charge < -0.3 is 10.2 Å². The van der Waals surface area contributed by atoms with Crippen LogP contribution in [0.1, 0.15) is 24.8 Å². The molecule has 1 aliphatic heterocycles. The second kappa shape index (κ2) is 5.20. The molecule has 1 aromatic heterocycles. The summed E-state index contributed by atoms with van der Waals surface area (Å²) in [5.41, 5.74) is -0.746. The van der Waals surface area contributed by atoms with Gasteiger partial charge in [-0.2, -0.15) is 13.2 Å². The van der Waals surface area contributed by atoms with Gasteiger partial charge in [0.25, 0.3) is 0 Å². The van der Waals surface area contributed by atoms with Crippen LogP contribution in [0.15, 0.2) is 18.3 Å². The average Bonchev–Trinajstić information content (AvgIpc) is 3.19. The molecule has 0 bridgehead atoms. The molecule has 4 nitrogen and oxygen atoms in total. The van der Waals surface area contributed by atoms with Crippen molar-refractivity contribution in [1.29, 1.82) is 0 Å². The van der Waals surface area contributed by atoms with Crippen molar-refractivity contribution in [2.45, 2.75) is 31.5 Å². The Morgan fingerprint density at radius 3 is 2.62 bits per heavy atom. The molecule has 2 aliphatic rings. The maximum Gasteiger partial charge on any atom is 0.417 e. The summed E-state index contributed by atoms with van der Waals surface area (Å²) in [7, 11) is 0. The van der Waals surface area contributed by atoms with Crippen molar-refractivity contribution in [3.63, 3.8) is 0 Å². The van der Waals surface area contributed by atoms with Gasteiger partial charge in [0.15, 0.2) is 0 Å². The van der Waals surface area contributed by atoms with Crippen LogP contribution in [0.5, 0.6) is 0 Å². The highest BCUT2D eigenvalue weighted by molar-refractivity contribution is 5.81. The molecule has 2 fully saturated rings. The van der Waals surface area contributed by atoms with Gasteiger partial charge in [-0.05, 0) is 31.4 Å². The molecule has 1 saturated carbocycles. The number of halogens is 3. The van der Waals surface area contributed by atoms with E-state index < -0.39 is 11.7 Å². The molecule has 7 heteroatoms. The summed E-state index contributed by atoms with van der Waals surface area (Å²) in [4.78, 5) is 17.5. The standard InChI is InChI=1S/C14H16F3N3O/c15-14(16,17)10-3-4-12(18-7-10)20-6-5-11(8-20)19-13(21)9-1-2-9/h3-4,7,9,11H,1-2,5-6,8H2,(H,19,21). The smallest absolute Gasteiger partial charge is 0.354 e. The molecule has 1 saturated heterocycles. The van der Waals surface area contributed by atoms with Crippen LogP contribution in [-0.2, 0) is 11.0 Å². The maximum atomic E-state index is 12.5. The highest BCUT2D eigenvalue weighted by Crippen LogP contribution is 2.31. The Kier molecular flexibility index (Phi) is 3.51. The van der Waals surface area contributed by atoms with Gasteiger partial charge in [0.1, 0.15) is 5.82 Å². The fourth-order valence-electron chi connectivity index (χ4n) is 2.49. The van der Waals surface area contributed by atoms with Gasteiger partial charge in [-0.25, -0.2) is 4.98 Å². The van der Waals surface area contributed by atoms with E-state index in [1.54, 1.807) is 0 Å². The fourth-order valence-corrected chi connectivity index (χ4v) is 2.49. The monoisotopic (exact) mass is 299 g/mol. The number of nitrogens with one attached hydrogen (secondary N) is 1. The number of nitrogens with zero attached hydrogens (tertiary/aromatic N) is 2. The average molecular weight is 299 g/mol. The zero-order valence-electron chi connectivity index (χ0n) is 11.4. The number of carbonyl (C=O) groups excluding carboxylic acids is 1. The van der Waals surface area contributed by atoms with Crippen molar-refractivity contribution < 1.29 is 18.0 Å². The lowest BCUT2D eigenvalue weighted by Crippen LogP contribution is -2.38. The highest BCUT2D eigenvalue weighted by atomic mass is 19.4. The molecular weight excluding hydrogens is 283 g/mol. The molecule has 0 spiro atoms. The lowest BCUT2D eigenvalue weighted by molar-refractivity contribution is -0.137. The molecule has 0 radical (unpaired) electrons. The number of hydrogen-bond acceptors (Lipinski definition) is 3. The van der Waals surface area contributed by atoms with Crippen molar-refractivity contribution in [3.8, 4) is 0 Å². The predicted molar refractivity (Wildman–Crippen MR) is 70.7 cm³/mol. The summed E-state index contributed by atoms with van der Waals surface area (Å²) in [6, 6.07) is 2.48. The number of carbonyl (C=O) groups is 1. The van der Waals surface area contributed by atoms with Crippen LogP contribution in [0.3, 0.4) is 0 Å². The van der Waals surface area contributed by atoms with Gasteiger partial charge in [0, 0.05) is 31.2 Å². The Hall–Kier alpha value is -1.79. The molecule has 114 valence electrons. The Balaban J connectivity index is 1.59. The first-order valence-electron chi connectivity index (χ1n) is 7.02. The van der Waals surface area contributed by atoms with Crippen LogP contribution in [0.25, 0.3) is 0 Å². The van der Waals surface area contributed by atoms with Crippen LogP contribution < -0.4 is 10.2 Å². The zero-order chi connectivity index (χ0) is 15.0. The number of rotatable bonds is 3. The largest absolute Gasteiger partial charge is 0.417 e. The molecule has 1 N–H and O–H groups in total. The van der Waals surface area contributed by atoms with Gasteiger partial charge >= 0.3 is 6.18 Å². The number of pyridine rings is 1. The number of alkyl halides is 3. The van der Waals surface area contributed by atoms with E-state index in [1.807, 2.05) is 4.90 Å². The Morgan fingerprint density at radius 2 is 2.05 bits per heavy atom. The third-order valence-corrected chi connectivity index (χ3v) is 3.88. The summed E-state index contributed by atoms with van der Waals surface area (Å²) >= 11 is 0. The Labute approximate surface area is 120 Å². The first kappa shape index (κ1) is 14.2. The number of amides is 1. The lowest BCUT2D eigenvalue weighted by Gasteiger charge is -2.18.